The lowest BCUT2D eigenvalue weighted by Gasteiger charge is -2.17. The van der Waals surface area contributed by atoms with Gasteiger partial charge in [0.05, 0.1) is 5.75 Å². The third-order valence-corrected chi connectivity index (χ3v) is 5.82. The van der Waals surface area contributed by atoms with E-state index in [0.717, 1.165) is 16.8 Å². The number of aromatic nitrogens is 4. The van der Waals surface area contributed by atoms with Crippen LogP contribution in [0.4, 0.5) is 8.78 Å². The largest absolute Gasteiger partial charge is 0.435 e. The molecule has 0 saturated heterocycles. The van der Waals surface area contributed by atoms with Crippen LogP contribution in [-0.2, 0) is 11.3 Å². The van der Waals surface area contributed by atoms with Gasteiger partial charge in [0.25, 0.3) is 0 Å². The topological polar surface area (TPSA) is 73.1 Å². The van der Waals surface area contributed by atoms with E-state index in [-0.39, 0.29) is 17.4 Å². The number of hydrogen-bond donors (Lipinski definition) is 0. The van der Waals surface area contributed by atoms with Crippen LogP contribution in [-0.4, -0.2) is 50.0 Å². The maximum Gasteiger partial charge on any atom is 0.387 e. The van der Waals surface area contributed by atoms with Gasteiger partial charge in [-0.3, -0.25) is 14.3 Å². The summed E-state index contributed by atoms with van der Waals surface area (Å²) in [5.74, 6) is 0.784. The van der Waals surface area contributed by atoms with Crippen LogP contribution in [0.15, 0.2) is 84.3 Å². The van der Waals surface area contributed by atoms with Crippen LogP contribution in [0.2, 0.25) is 0 Å². The average Bonchev–Trinajstić information content (AvgIpc) is 3.28. The predicted octanol–water partition coefficient (Wildman–Crippen LogP) is 4.68. The second-order valence-electron chi connectivity index (χ2n) is 7.27. The van der Waals surface area contributed by atoms with Gasteiger partial charge >= 0.3 is 6.61 Å². The molecule has 0 spiro atoms. The lowest BCUT2D eigenvalue weighted by molar-refractivity contribution is -0.127. The molecule has 0 aliphatic heterocycles. The molecule has 34 heavy (non-hydrogen) atoms. The van der Waals surface area contributed by atoms with Crippen LogP contribution in [0.5, 0.6) is 5.75 Å². The molecule has 174 valence electrons. The van der Waals surface area contributed by atoms with Crippen molar-refractivity contribution in [3.63, 3.8) is 0 Å². The number of carbonyl (C=O) groups excluding carboxylic acids is 1. The molecule has 2 heterocycles. The molecule has 0 saturated carbocycles. The molecule has 0 atom stereocenters. The molecule has 0 aliphatic rings. The molecule has 4 rings (SSSR count). The van der Waals surface area contributed by atoms with E-state index in [0.29, 0.717) is 17.5 Å². The Morgan fingerprint density at radius 1 is 1.03 bits per heavy atom. The number of para-hydroxylation sites is 1. The van der Waals surface area contributed by atoms with Crippen molar-refractivity contribution in [1.82, 2.24) is 24.6 Å². The maximum atomic E-state index is 12.8. The van der Waals surface area contributed by atoms with E-state index in [1.54, 1.807) is 36.5 Å². The highest BCUT2D eigenvalue weighted by atomic mass is 32.2. The van der Waals surface area contributed by atoms with E-state index in [2.05, 4.69) is 19.9 Å². The standard InChI is InChI=1S/C24H21F2N5O2S/c1-30(15-17-7-9-20(10-8-17)33-23(25)26)21(32)16-34-24-29-28-22(18-11-13-27-14-12-18)31(24)19-5-3-2-4-6-19/h2-14,23H,15-16H2,1H3. The zero-order chi connectivity index (χ0) is 23.9. The SMILES string of the molecule is CN(Cc1ccc(OC(F)F)cc1)C(=O)CSc1nnc(-c2ccncc2)n1-c1ccccc1. The van der Waals surface area contributed by atoms with Crippen molar-refractivity contribution in [2.45, 2.75) is 18.3 Å². The quantitative estimate of drug-likeness (QED) is 0.323. The fourth-order valence-corrected chi connectivity index (χ4v) is 4.13. The Kier molecular flexibility index (Phi) is 7.48. The first-order chi connectivity index (χ1) is 16.5. The number of benzene rings is 2. The molecule has 0 unspecified atom stereocenters. The van der Waals surface area contributed by atoms with Gasteiger partial charge in [-0.05, 0) is 42.0 Å². The Morgan fingerprint density at radius 3 is 2.41 bits per heavy atom. The van der Waals surface area contributed by atoms with Gasteiger partial charge in [-0.15, -0.1) is 10.2 Å². The highest BCUT2D eigenvalue weighted by Gasteiger charge is 2.18. The van der Waals surface area contributed by atoms with Crippen LogP contribution in [0.1, 0.15) is 5.56 Å². The van der Waals surface area contributed by atoms with Crippen molar-refractivity contribution >= 4 is 17.7 Å². The maximum absolute atomic E-state index is 12.8. The van der Waals surface area contributed by atoms with Crippen molar-refractivity contribution < 1.29 is 18.3 Å². The highest BCUT2D eigenvalue weighted by molar-refractivity contribution is 7.99. The second-order valence-corrected chi connectivity index (χ2v) is 8.22. The van der Waals surface area contributed by atoms with Crippen molar-refractivity contribution in [3.8, 4) is 22.8 Å². The Balaban J connectivity index is 1.46. The van der Waals surface area contributed by atoms with Gasteiger partial charge in [0.2, 0.25) is 5.91 Å². The molecule has 0 aliphatic carbocycles. The third-order valence-electron chi connectivity index (χ3n) is 4.91. The molecule has 4 aromatic rings. The predicted molar refractivity (Wildman–Crippen MR) is 125 cm³/mol. The van der Waals surface area contributed by atoms with E-state index in [4.69, 9.17) is 0 Å². The molecule has 0 N–H and O–H groups in total. The third kappa shape index (κ3) is 5.76. The van der Waals surface area contributed by atoms with Gasteiger partial charge in [-0.2, -0.15) is 8.78 Å². The fraction of sp³-hybridized carbons (Fsp3) is 0.167. The first-order valence-corrected chi connectivity index (χ1v) is 11.3. The summed E-state index contributed by atoms with van der Waals surface area (Å²) in [5, 5.41) is 9.27. The molecule has 2 aromatic heterocycles. The summed E-state index contributed by atoms with van der Waals surface area (Å²) in [6.45, 7) is -2.54. The molecule has 2 aromatic carbocycles. The minimum Gasteiger partial charge on any atom is -0.435 e. The Morgan fingerprint density at radius 2 is 1.74 bits per heavy atom. The summed E-state index contributed by atoms with van der Waals surface area (Å²) in [7, 11) is 1.69. The molecule has 0 fully saturated rings. The van der Waals surface area contributed by atoms with Crippen molar-refractivity contribution in [2.75, 3.05) is 12.8 Å². The molecular formula is C24H21F2N5O2S. The van der Waals surface area contributed by atoms with Crippen molar-refractivity contribution in [2.24, 2.45) is 0 Å². The molecule has 0 radical (unpaired) electrons. The molecule has 7 nitrogen and oxygen atoms in total. The van der Waals surface area contributed by atoms with Crippen LogP contribution in [0, 0.1) is 0 Å². The van der Waals surface area contributed by atoms with Crippen molar-refractivity contribution in [3.05, 3.63) is 84.7 Å². The summed E-state index contributed by atoms with van der Waals surface area (Å²) in [5.41, 5.74) is 2.55. The number of thioether (sulfide) groups is 1. The van der Waals surface area contributed by atoms with Gasteiger partial charge in [-0.1, -0.05) is 42.1 Å². The van der Waals surface area contributed by atoms with E-state index in [9.17, 15) is 13.6 Å². The smallest absolute Gasteiger partial charge is 0.387 e. The number of ether oxygens (including phenoxy) is 1. The van der Waals surface area contributed by atoms with Gasteiger partial charge < -0.3 is 9.64 Å². The lowest BCUT2D eigenvalue weighted by Crippen LogP contribution is -2.27. The van der Waals surface area contributed by atoms with Gasteiger partial charge in [0.1, 0.15) is 5.75 Å². The number of carbonyl (C=O) groups is 1. The fourth-order valence-electron chi connectivity index (χ4n) is 3.24. The van der Waals surface area contributed by atoms with E-state index in [1.165, 1.54) is 23.9 Å². The highest BCUT2D eigenvalue weighted by Crippen LogP contribution is 2.28. The van der Waals surface area contributed by atoms with Crippen molar-refractivity contribution in [1.29, 1.82) is 0 Å². The van der Waals surface area contributed by atoms with Gasteiger partial charge in [0, 0.05) is 37.2 Å². The summed E-state index contributed by atoms with van der Waals surface area (Å²) in [4.78, 5) is 18.4. The molecule has 10 heteroatoms. The van der Waals surface area contributed by atoms with Crippen LogP contribution in [0.25, 0.3) is 17.1 Å². The first kappa shape index (κ1) is 23.4. The number of amides is 1. The summed E-state index contributed by atoms with van der Waals surface area (Å²) in [6.07, 6.45) is 3.38. The number of halogens is 2. The zero-order valence-corrected chi connectivity index (χ0v) is 19.0. The summed E-state index contributed by atoms with van der Waals surface area (Å²) >= 11 is 1.29. The number of rotatable bonds is 9. The van der Waals surface area contributed by atoms with E-state index < -0.39 is 6.61 Å². The molecule has 0 bridgehead atoms. The monoisotopic (exact) mass is 481 g/mol. The van der Waals surface area contributed by atoms with Gasteiger partial charge in [-0.25, -0.2) is 0 Å². The Labute approximate surface area is 199 Å². The van der Waals surface area contributed by atoms with Gasteiger partial charge in [0.15, 0.2) is 11.0 Å². The van der Waals surface area contributed by atoms with E-state index in [1.807, 2.05) is 47.0 Å². The zero-order valence-electron chi connectivity index (χ0n) is 18.2. The summed E-state index contributed by atoms with van der Waals surface area (Å²) < 4.78 is 30.9. The molecular weight excluding hydrogens is 460 g/mol. The van der Waals surface area contributed by atoms with Crippen LogP contribution in [0.3, 0.4) is 0 Å². The Bertz CT molecular complexity index is 1220. The normalized spacial score (nSPS) is 10.9. The number of pyridine rings is 1. The minimum atomic E-state index is -2.87. The first-order valence-electron chi connectivity index (χ1n) is 10.3. The number of nitrogens with zero attached hydrogens (tertiary/aromatic N) is 5. The number of hydrogen-bond acceptors (Lipinski definition) is 6. The summed E-state index contributed by atoms with van der Waals surface area (Å²) in [6, 6.07) is 19.6. The minimum absolute atomic E-state index is 0.0773. The second kappa shape index (κ2) is 10.9. The van der Waals surface area contributed by atoms with E-state index >= 15 is 0 Å². The average molecular weight is 482 g/mol. The molecule has 1 amide bonds. The van der Waals surface area contributed by atoms with Crippen LogP contribution < -0.4 is 4.74 Å². The Hall–Kier alpha value is -3.79. The number of alkyl halides is 2. The lowest BCUT2D eigenvalue weighted by atomic mass is 10.2. The van der Waals surface area contributed by atoms with Crippen LogP contribution >= 0.6 is 11.8 Å².